The molecule has 0 aromatic heterocycles. The Balaban J connectivity index is 1.80. The van der Waals surface area contributed by atoms with Crippen LogP contribution in [-0.2, 0) is 0 Å². The van der Waals surface area contributed by atoms with Gasteiger partial charge in [0.1, 0.15) is 0 Å². The van der Waals surface area contributed by atoms with Crippen LogP contribution in [0.3, 0.4) is 0 Å². The SMILES string of the molecule is Clc1ccc(-c2ccc(C3CCCCC3)cc2)cc1. The molecule has 0 saturated heterocycles. The maximum atomic E-state index is 5.93. The van der Waals surface area contributed by atoms with Crippen LogP contribution in [0.2, 0.25) is 5.02 Å². The molecule has 0 heterocycles. The fourth-order valence-electron chi connectivity index (χ4n) is 3.03. The highest BCUT2D eigenvalue weighted by Gasteiger charge is 2.15. The second-order valence-corrected chi connectivity index (χ2v) is 5.90. The lowest BCUT2D eigenvalue weighted by molar-refractivity contribution is 0.443. The van der Waals surface area contributed by atoms with Crippen molar-refractivity contribution in [2.45, 2.75) is 38.0 Å². The van der Waals surface area contributed by atoms with Crippen molar-refractivity contribution < 1.29 is 0 Å². The first-order valence-electron chi connectivity index (χ1n) is 7.19. The van der Waals surface area contributed by atoms with Gasteiger partial charge in [0.15, 0.2) is 0 Å². The third kappa shape index (κ3) is 3.01. The van der Waals surface area contributed by atoms with E-state index >= 15 is 0 Å². The van der Waals surface area contributed by atoms with E-state index in [1.807, 2.05) is 12.1 Å². The van der Waals surface area contributed by atoms with Crippen LogP contribution in [-0.4, -0.2) is 0 Å². The van der Waals surface area contributed by atoms with Gasteiger partial charge in [0, 0.05) is 5.02 Å². The predicted molar refractivity (Wildman–Crippen MR) is 82.7 cm³/mol. The van der Waals surface area contributed by atoms with Crippen molar-refractivity contribution in [1.29, 1.82) is 0 Å². The van der Waals surface area contributed by atoms with E-state index in [0.29, 0.717) is 0 Å². The van der Waals surface area contributed by atoms with Gasteiger partial charge in [0.05, 0.1) is 0 Å². The van der Waals surface area contributed by atoms with Gasteiger partial charge in [-0.15, -0.1) is 0 Å². The highest BCUT2D eigenvalue weighted by atomic mass is 35.5. The molecule has 1 aliphatic carbocycles. The normalized spacial score (nSPS) is 16.5. The Kier molecular flexibility index (Phi) is 3.89. The number of benzene rings is 2. The van der Waals surface area contributed by atoms with Gasteiger partial charge in [-0.3, -0.25) is 0 Å². The zero-order valence-corrected chi connectivity index (χ0v) is 11.9. The molecule has 98 valence electrons. The Hall–Kier alpha value is -1.27. The van der Waals surface area contributed by atoms with Gasteiger partial charge in [0.2, 0.25) is 0 Å². The van der Waals surface area contributed by atoms with Crippen molar-refractivity contribution in [2.75, 3.05) is 0 Å². The monoisotopic (exact) mass is 270 g/mol. The van der Waals surface area contributed by atoms with Crippen LogP contribution in [0.25, 0.3) is 11.1 Å². The molecule has 1 saturated carbocycles. The third-order valence-corrected chi connectivity index (χ3v) is 4.42. The molecule has 0 amide bonds. The van der Waals surface area contributed by atoms with E-state index in [2.05, 4.69) is 36.4 Å². The minimum atomic E-state index is 0.785. The van der Waals surface area contributed by atoms with E-state index in [0.717, 1.165) is 10.9 Å². The molecule has 3 rings (SSSR count). The van der Waals surface area contributed by atoms with Crippen LogP contribution >= 0.6 is 11.6 Å². The molecule has 0 nitrogen and oxygen atoms in total. The zero-order valence-electron chi connectivity index (χ0n) is 11.1. The second kappa shape index (κ2) is 5.79. The molecular formula is C18H19Cl. The lowest BCUT2D eigenvalue weighted by Gasteiger charge is -2.22. The summed E-state index contributed by atoms with van der Waals surface area (Å²) < 4.78 is 0. The Labute approximate surface area is 120 Å². The summed E-state index contributed by atoms with van der Waals surface area (Å²) in [5, 5.41) is 0.794. The minimum Gasteiger partial charge on any atom is -0.0843 e. The molecule has 2 aromatic rings. The number of hydrogen-bond donors (Lipinski definition) is 0. The minimum absolute atomic E-state index is 0.785. The highest BCUT2D eigenvalue weighted by Crippen LogP contribution is 2.33. The van der Waals surface area contributed by atoms with Crippen LogP contribution in [0.15, 0.2) is 48.5 Å². The first-order chi connectivity index (χ1) is 9.33. The summed E-state index contributed by atoms with van der Waals surface area (Å²) in [6, 6.07) is 17.2. The van der Waals surface area contributed by atoms with Crippen molar-refractivity contribution in [1.82, 2.24) is 0 Å². The Morgan fingerprint density at radius 1 is 0.684 bits per heavy atom. The highest BCUT2D eigenvalue weighted by molar-refractivity contribution is 6.30. The van der Waals surface area contributed by atoms with Crippen LogP contribution < -0.4 is 0 Å². The Bertz CT molecular complexity index is 519. The predicted octanol–water partition coefficient (Wildman–Crippen LogP) is 6.05. The second-order valence-electron chi connectivity index (χ2n) is 5.46. The maximum absolute atomic E-state index is 5.93. The lowest BCUT2D eigenvalue weighted by Crippen LogP contribution is -2.04. The quantitative estimate of drug-likeness (QED) is 0.623. The molecule has 1 aliphatic rings. The standard InChI is InChI=1S/C18H19Cl/c19-18-12-10-17(11-13-18)16-8-6-15(7-9-16)14-4-2-1-3-5-14/h6-14H,1-5H2. The van der Waals surface area contributed by atoms with Gasteiger partial charge in [-0.1, -0.05) is 67.3 Å². The summed E-state index contributed by atoms with van der Waals surface area (Å²) in [5.41, 5.74) is 4.02. The van der Waals surface area contributed by atoms with Crippen molar-refractivity contribution in [2.24, 2.45) is 0 Å². The van der Waals surface area contributed by atoms with Crippen LogP contribution in [0.5, 0.6) is 0 Å². The topological polar surface area (TPSA) is 0 Å². The van der Waals surface area contributed by atoms with E-state index in [1.165, 1.54) is 48.8 Å². The molecule has 1 heteroatoms. The molecule has 2 aromatic carbocycles. The number of hydrogen-bond acceptors (Lipinski definition) is 0. The Morgan fingerprint density at radius 2 is 1.21 bits per heavy atom. The van der Waals surface area contributed by atoms with Crippen LogP contribution in [0, 0.1) is 0 Å². The molecule has 0 N–H and O–H groups in total. The summed E-state index contributed by atoms with van der Waals surface area (Å²) >= 11 is 5.93. The molecule has 0 unspecified atom stereocenters. The van der Waals surface area contributed by atoms with Crippen molar-refractivity contribution in [3.8, 4) is 11.1 Å². The van der Waals surface area contributed by atoms with Crippen LogP contribution in [0.1, 0.15) is 43.6 Å². The van der Waals surface area contributed by atoms with Gasteiger partial charge in [-0.05, 0) is 47.6 Å². The molecule has 0 aliphatic heterocycles. The van der Waals surface area contributed by atoms with Crippen molar-refractivity contribution in [3.05, 3.63) is 59.1 Å². The van der Waals surface area contributed by atoms with E-state index in [1.54, 1.807) is 0 Å². The Morgan fingerprint density at radius 3 is 1.79 bits per heavy atom. The molecular weight excluding hydrogens is 252 g/mol. The fourth-order valence-corrected chi connectivity index (χ4v) is 3.15. The van der Waals surface area contributed by atoms with Gasteiger partial charge in [-0.25, -0.2) is 0 Å². The summed E-state index contributed by atoms with van der Waals surface area (Å²) in [7, 11) is 0. The van der Waals surface area contributed by atoms with Crippen molar-refractivity contribution >= 4 is 11.6 Å². The van der Waals surface area contributed by atoms with Crippen molar-refractivity contribution in [3.63, 3.8) is 0 Å². The zero-order chi connectivity index (χ0) is 13.1. The number of halogens is 1. The molecule has 19 heavy (non-hydrogen) atoms. The lowest BCUT2D eigenvalue weighted by atomic mass is 9.84. The molecule has 0 radical (unpaired) electrons. The van der Waals surface area contributed by atoms with Gasteiger partial charge in [-0.2, -0.15) is 0 Å². The molecule has 0 bridgehead atoms. The molecule has 0 atom stereocenters. The summed E-state index contributed by atoms with van der Waals surface area (Å²) in [4.78, 5) is 0. The van der Waals surface area contributed by atoms with E-state index < -0.39 is 0 Å². The largest absolute Gasteiger partial charge is 0.0843 e. The number of rotatable bonds is 2. The first-order valence-corrected chi connectivity index (χ1v) is 7.56. The van der Waals surface area contributed by atoms with E-state index in [9.17, 15) is 0 Å². The fraction of sp³-hybridized carbons (Fsp3) is 0.333. The maximum Gasteiger partial charge on any atom is 0.0406 e. The summed E-state index contributed by atoms with van der Waals surface area (Å²) in [6.07, 6.45) is 6.92. The third-order valence-electron chi connectivity index (χ3n) is 4.16. The van der Waals surface area contributed by atoms with Gasteiger partial charge < -0.3 is 0 Å². The average Bonchev–Trinajstić information content (AvgIpc) is 2.49. The van der Waals surface area contributed by atoms with E-state index in [-0.39, 0.29) is 0 Å². The van der Waals surface area contributed by atoms with Gasteiger partial charge in [0.25, 0.3) is 0 Å². The molecule has 1 fully saturated rings. The summed E-state index contributed by atoms with van der Waals surface area (Å²) in [6.45, 7) is 0. The first kappa shape index (κ1) is 12.7. The average molecular weight is 271 g/mol. The van der Waals surface area contributed by atoms with Gasteiger partial charge >= 0.3 is 0 Å². The van der Waals surface area contributed by atoms with E-state index in [4.69, 9.17) is 11.6 Å². The summed E-state index contributed by atoms with van der Waals surface area (Å²) in [5.74, 6) is 0.785. The smallest absolute Gasteiger partial charge is 0.0406 e. The van der Waals surface area contributed by atoms with Crippen LogP contribution in [0.4, 0.5) is 0 Å². The molecule has 0 spiro atoms.